The van der Waals surface area contributed by atoms with Crippen LogP contribution in [0, 0.1) is 6.92 Å². The predicted octanol–water partition coefficient (Wildman–Crippen LogP) is 3.26. The van der Waals surface area contributed by atoms with Crippen LogP contribution in [0.3, 0.4) is 0 Å². The summed E-state index contributed by atoms with van der Waals surface area (Å²) < 4.78 is 0. The van der Waals surface area contributed by atoms with Crippen LogP contribution in [0.15, 0.2) is 30.6 Å². The van der Waals surface area contributed by atoms with Gasteiger partial charge in [-0.25, -0.2) is 9.97 Å². The lowest BCUT2D eigenvalue weighted by Crippen LogP contribution is -2.40. The van der Waals surface area contributed by atoms with Crippen molar-refractivity contribution in [1.82, 2.24) is 19.9 Å². The van der Waals surface area contributed by atoms with Crippen molar-refractivity contribution in [2.75, 3.05) is 25.0 Å². The van der Waals surface area contributed by atoms with Gasteiger partial charge in [0.1, 0.15) is 17.3 Å². The third-order valence-electron chi connectivity index (χ3n) is 5.27. The molecule has 1 saturated heterocycles. The largest absolute Gasteiger partial charge is 0.354 e. The van der Waals surface area contributed by atoms with Crippen molar-refractivity contribution in [2.45, 2.75) is 52.0 Å². The first-order valence-electron chi connectivity index (χ1n) is 9.85. The maximum absolute atomic E-state index is 12.9. The zero-order valence-electron chi connectivity index (χ0n) is 16.6. The Labute approximate surface area is 161 Å². The molecular formula is C21H29N5O. The van der Waals surface area contributed by atoms with Gasteiger partial charge in [-0.05, 0) is 56.7 Å². The topological polar surface area (TPSA) is 62.2 Å². The Balaban J connectivity index is 1.73. The SMILES string of the molecule is CCC1CCCCN1c1cc(C(=O)N(C)CCc2ccncc2)nc(C)n1. The molecule has 0 N–H and O–H groups in total. The molecule has 0 radical (unpaired) electrons. The number of carbonyl (C=O) groups excluding carboxylic acids is 1. The second-order valence-electron chi connectivity index (χ2n) is 7.24. The highest BCUT2D eigenvalue weighted by molar-refractivity contribution is 5.92. The van der Waals surface area contributed by atoms with Crippen LogP contribution in [-0.4, -0.2) is 51.9 Å². The van der Waals surface area contributed by atoms with Crippen molar-refractivity contribution in [3.63, 3.8) is 0 Å². The van der Waals surface area contributed by atoms with Crippen LogP contribution < -0.4 is 4.90 Å². The Kier molecular flexibility index (Phi) is 6.37. The van der Waals surface area contributed by atoms with Gasteiger partial charge in [-0.3, -0.25) is 9.78 Å². The van der Waals surface area contributed by atoms with Gasteiger partial charge in [0.25, 0.3) is 5.91 Å². The van der Waals surface area contributed by atoms with Gasteiger partial charge in [-0.1, -0.05) is 6.92 Å². The molecule has 1 unspecified atom stereocenters. The summed E-state index contributed by atoms with van der Waals surface area (Å²) in [5, 5.41) is 0. The number of rotatable bonds is 6. The van der Waals surface area contributed by atoms with Crippen molar-refractivity contribution < 1.29 is 4.79 Å². The van der Waals surface area contributed by atoms with E-state index < -0.39 is 0 Å². The van der Waals surface area contributed by atoms with Gasteiger partial charge in [-0.2, -0.15) is 0 Å². The standard InChI is InChI=1S/C21H29N5O/c1-4-18-7-5-6-13-26(18)20-15-19(23-16(2)24-20)21(27)25(3)14-10-17-8-11-22-12-9-17/h8-9,11-12,15,18H,4-7,10,13-14H2,1-3H3. The van der Waals surface area contributed by atoms with E-state index in [0.717, 1.165) is 25.2 Å². The number of hydrogen-bond donors (Lipinski definition) is 0. The summed E-state index contributed by atoms with van der Waals surface area (Å²) in [6.45, 7) is 5.72. The Morgan fingerprint density at radius 3 is 2.78 bits per heavy atom. The van der Waals surface area contributed by atoms with E-state index >= 15 is 0 Å². The second-order valence-corrected chi connectivity index (χ2v) is 7.24. The minimum atomic E-state index is -0.0548. The fraction of sp³-hybridized carbons (Fsp3) is 0.524. The van der Waals surface area contributed by atoms with Crippen molar-refractivity contribution in [1.29, 1.82) is 0 Å². The van der Waals surface area contributed by atoms with E-state index in [1.54, 1.807) is 17.3 Å². The van der Waals surface area contributed by atoms with Crippen molar-refractivity contribution in [2.24, 2.45) is 0 Å². The predicted molar refractivity (Wildman–Crippen MR) is 107 cm³/mol. The van der Waals surface area contributed by atoms with Crippen LogP contribution in [0.2, 0.25) is 0 Å². The fourth-order valence-electron chi connectivity index (χ4n) is 3.68. The molecule has 1 fully saturated rings. The number of aromatic nitrogens is 3. The summed E-state index contributed by atoms with van der Waals surface area (Å²) in [7, 11) is 1.83. The minimum absolute atomic E-state index is 0.0548. The molecule has 0 spiro atoms. The number of nitrogens with zero attached hydrogens (tertiary/aromatic N) is 5. The van der Waals surface area contributed by atoms with Gasteiger partial charge in [-0.15, -0.1) is 0 Å². The van der Waals surface area contributed by atoms with Gasteiger partial charge in [0.15, 0.2) is 0 Å². The van der Waals surface area contributed by atoms with Crippen LogP contribution in [0.4, 0.5) is 5.82 Å². The van der Waals surface area contributed by atoms with E-state index in [2.05, 4.69) is 26.8 Å². The highest BCUT2D eigenvalue weighted by Gasteiger charge is 2.24. The van der Waals surface area contributed by atoms with Gasteiger partial charge >= 0.3 is 0 Å². The minimum Gasteiger partial charge on any atom is -0.354 e. The molecule has 1 atom stereocenters. The summed E-state index contributed by atoms with van der Waals surface area (Å²) in [6.07, 6.45) is 9.08. The van der Waals surface area contributed by atoms with E-state index in [1.807, 2.05) is 32.2 Å². The number of hydrogen-bond acceptors (Lipinski definition) is 5. The van der Waals surface area contributed by atoms with Crippen molar-refractivity contribution in [3.8, 4) is 0 Å². The second kappa shape index (κ2) is 8.93. The lowest BCUT2D eigenvalue weighted by atomic mass is 10.00. The first-order chi connectivity index (χ1) is 13.1. The Morgan fingerprint density at radius 1 is 1.26 bits per heavy atom. The molecule has 2 aromatic heterocycles. The number of carbonyl (C=O) groups is 1. The zero-order chi connectivity index (χ0) is 19.2. The van der Waals surface area contributed by atoms with Gasteiger partial charge in [0, 0.05) is 44.6 Å². The van der Waals surface area contributed by atoms with Gasteiger partial charge < -0.3 is 9.80 Å². The molecule has 0 saturated carbocycles. The maximum atomic E-state index is 12.9. The molecule has 0 bridgehead atoms. The van der Waals surface area contributed by atoms with Gasteiger partial charge in [0.2, 0.25) is 0 Å². The summed E-state index contributed by atoms with van der Waals surface area (Å²) in [6, 6.07) is 6.33. The Bertz CT molecular complexity index is 764. The van der Waals surface area contributed by atoms with Crippen molar-refractivity contribution >= 4 is 11.7 Å². The first kappa shape index (κ1) is 19.3. The van der Waals surface area contributed by atoms with E-state index in [0.29, 0.717) is 24.1 Å². The summed E-state index contributed by atoms with van der Waals surface area (Å²) in [5.41, 5.74) is 1.65. The molecule has 1 aliphatic heterocycles. The fourth-order valence-corrected chi connectivity index (χ4v) is 3.68. The lowest BCUT2D eigenvalue weighted by Gasteiger charge is -2.36. The average Bonchev–Trinajstić information content (AvgIpc) is 2.71. The molecule has 1 amide bonds. The summed E-state index contributed by atoms with van der Waals surface area (Å²) >= 11 is 0. The number of pyridine rings is 1. The number of likely N-dealkylation sites (N-methyl/N-ethyl adjacent to an activating group) is 1. The van der Waals surface area contributed by atoms with Crippen LogP contribution in [0.25, 0.3) is 0 Å². The Morgan fingerprint density at radius 2 is 2.04 bits per heavy atom. The first-order valence-corrected chi connectivity index (χ1v) is 9.85. The molecular weight excluding hydrogens is 338 g/mol. The van der Waals surface area contributed by atoms with E-state index in [-0.39, 0.29) is 5.91 Å². The number of aryl methyl sites for hydroxylation is 1. The molecule has 1 aliphatic rings. The highest BCUT2D eigenvalue weighted by atomic mass is 16.2. The number of piperidine rings is 1. The molecule has 6 nitrogen and oxygen atoms in total. The molecule has 3 heterocycles. The molecule has 27 heavy (non-hydrogen) atoms. The maximum Gasteiger partial charge on any atom is 0.272 e. The van der Waals surface area contributed by atoms with E-state index in [4.69, 9.17) is 0 Å². The normalized spacial score (nSPS) is 17.0. The molecule has 144 valence electrons. The molecule has 2 aromatic rings. The number of amides is 1. The van der Waals surface area contributed by atoms with Crippen LogP contribution in [-0.2, 0) is 6.42 Å². The highest BCUT2D eigenvalue weighted by Crippen LogP contribution is 2.25. The van der Waals surface area contributed by atoms with E-state index in [1.165, 1.54) is 24.8 Å². The van der Waals surface area contributed by atoms with Gasteiger partial charge in [0.05, 0.1) is 0 Å². The molecule has 0 aliphatic carbocycles. The summed E-state index contributed by atoms with van der Waals surface area (Å²) in [4.78, 5) is 30.1. The monoisotopic (exact) mass is 367 g/mol. The van der Waals surface area contributed by atoms with Crippen LogP contribution >= 0.6 is 0 Å². The summed E-state index contributed by atoms with van der Waals surface area (Å²) in [5.74, 6) is 1.49. The third-order valence-corrected chi connectivity index (χ3v) is 5.27. The smallest absolute Gasteiger partial charge is 0.272 e. The third kappa shape index (κ3) is 4.81. The van der Waals surface area contributed by atoms with Crippen LogP contribution in [0.1, 0.15) is 54.5 Å². The Hall–Kier alpha value is -2.50. The molecule has 3 rings (SSSR count). The zero-order valence-corrected chi connectivity index (χ0v) is 16.6. The molecule has 6 heteroatoms. The quantitative estimate of drug-likeness (QED) is 0.784. The lowest BCUT2D eigenvalue weighted by molar-refractivity contribution is 0.0790. The van der Waals surface area contributed by atoms with E-state index in [9.17, 15) is 4.79 Å². The average molecular weight is 367 g/mol. The van der Waals surface area contributed by atoms with Crippen LogP contribution in [0.5, 0.6) is 0 Å². The molecule has 0 aromatic carbocycles. The van der Waals surface area contributed by atoms with Crippen molar-refractivity contribution in [3.05, 3.63) is 47.7 Å². The number of anilines is 1.